The molecule has 0 radical (unpaired) electrons. The molecule has 3 rings (SSSR count). The molecule has 0 bridgehead atoms. The van der Waals surface area contributed by atoms with Crippen LogP contribution in [0.1, 0.15) is 64.1 Å². The van der Waals surface area contributed by atoms with E-state index in [9.17, 15) is 9.18 Å². The van der Waals surface area contributed by atoms with Gasteiger partial charge in [0.2, 0.25) is 0 Å². The zero-order valence-corrected chi connectivity index (χ0v) is 18.0. The fourth-order valence-corrected chi connectivity index (χ4v) is 4.28. The largest absolute Gasteiger partial charge is 0.460 e. The Hall–Kier alpha value is -2.47. The van der Waals surface area contributed by atoms with Crippen LogP contribution in [0.15, 0.2) is 36.0 Å². The molecule has 1 aromatic carbocycles. The minimum Gasteiger partial charge on any atom is -0.460 e. The number of rotatable bonds is 9. The molecule has 162 valence electrons. The third-order valence-corrected chi connectivity index (χ3v) is 5.86. The van der Waals surface area contributed by atoms with Crippen LogP contribution in [0.2, 0.25) is 0 Å². The Balaban J connectivity index is 1.73. The zero-order chi connectivity index (χ0) is 21.7. The van der Waals surface area contributed by atoms with Gasteiger partial charge in [0, 0.05) is 13.5 Å². The number of ether oxygens (including phenoxy) is 1. The number of aliphatic hydroxyl groups is 1. The lowest BCUT2D eigenvalue weighted by Gasteiger charge is -2.30. The summed E-state index contributed by atoms with van der Waals surface area (Å²) in [5, 5.41) is 13.7. The first-order valence-corrected chi connectivity index (χ1v) is 10.6. The second kappa shape index (κ2) is 9.56. The van der Waals surface area contributed by atoms with E-state index in [2.05, 4.69) is 18.1 Å². The Morgan fingerprint density at radius 1 is 1.30 bits per heavy atom. The van der Waals surface area contributed by atoms with E-state index in [4.69, 9.17) is 9.84 Å². The lowest BCUT2D eigenvalue weighted by molar-refractivity contribution is -0.157. The van der Waals surface area contributed by atoms with Crippen LogP contribution in [0.5, 0.6) is 0 Å². The van der Waals surface area contributed by atoms with Crippen LogP contribution in [-0.2, 0) is 16.0 Å². The van der Waals surface area contributed by atoms with E-state index in [1.54, 1.807) is 12.1 Å². The summed E-state index contributed by atoms with van der Waals surface area (Å²) in [4.78, 5) is 11.5. The number of fused-ring (bicyclic) bond motifs is 1. The monoisotopic (exact) mass is 414 g/mol. The molecule has 1 N–H and O–H groups in total. The molecule has 0 saturated heterocycles. The van der Waals surface area contributed by atoms with Gasteiger partial charge in [-0.3, -0.25) is 4.79 Å². The molecule has 0 spiro atoms. The fourth-order valence-electron chi connectivity index (χ4n) is 4.28. The summed E-state index contributed by atoms with van der Waals surface area (Å²) in [7, 11) is 0. The predicted octanol–water partition coefficient (Wildman–Crippen LogP) is 4.85. The average Bonchev–Trinajstić information content (AvgIpc) is 3.09. The molecular weight excluding hydrogens is 383 g/mol. The highest BCUT2D eigenvalue weighted by molar-refractivity contribution is 5.66. The summed E-state index contributed by atoms with van der Waals surface area (Å²) in [5.41, 5.74) is 3.89. The number of hydrogen-bond acceptors (Lipinski definition) is 4. The molecule has 1 aromatic heterocycles. The summed E-state index contributed by atoms with van der Waals surface area (Å²) < 4.78 is 20.7. The summed E-state index contributed by atoms with van der Waals surface area (Å²) in [6.45, 7) is 5.70. The number of nitrogens with zero attached hydrogens (tertiary/aromatic N) is 2. The van der Waals surface area contributed by atoms with Gasteiger partial charge in [-0.1, -0.05) is 12.5 Å². The van der Waals surface area contributed by atoms with Gasteiger partial charge in [0.1, 0.15) is 11.4 Å². The van der Waals surface area contributed by atoms with Gasteiger partial charge >= 0.3 is 5.97 Å². The third-order valence-electron chi connectivity index (χ3n) is 5.86. The maximum atomic E-state index is 13.3. The molecule has 0 fully saturated rings. The highest BCUT2D eigenvalue weighted by Gasteiger charge is 2.28. The molecule has 0 aliphatic heterocycles. The number of allylic oxidation sites excluding steroid dienone is 1. The molecule has 6 heteroatoms. The Kier molecular flexibility index (Phi) is 7.08. The molecule has 0 amide bonds. The Labute approximate surface area is 177 Å². The SMILES string of the molecule is CC(=O)O[C@@](C)(CCCO)CCCC1=Cc2c(cnn2-c2ccc(F)cc2)C[C@H]1C. The van der Waals surface area contributed by atoms with E-state index < -0.39 is 5.60 Å². The van der Waals surface area contributed by atoms with E-state index in [0.717, 1.165) is 37.1 Å². The van der Waals surface area contributed by atoms with Crippen molar-refractivity contribution < 1.29 is 19.0 Å². The molecule has 1 aliphatic rings. The first-order chi connectivity index (χ1) is 14.3. The Morgan fingerprint density at radius 2 is 2.00 bits per heavy atom. The van der Waals surface area contributed by atoms with E-state index in [-0.39, 0.29) is 18.4 Å². The number of aliphatic hydroxyl groups excluding tert-OH is 1. The molecule has 0 saturated carbocycles. The smallest absolute Gasteiger partial charge is 0.303 e. The lowest BCUT2D eigenvalue weighted by atomic mass is 9.83. The number of carbonyl (C=O) groups excluding carboxylic acids is 1. The minimum absolute atomic E-state index is 0.0925. The van der Waals surface area contributed by atoms with Crippen LogP contribution in [-0.4, -0.2) is 33.1 Å². The summed E-state index contributed by atoms with van der Waals surface area (Å²) in [5.74, 6) is -0.129. The number of hydrogen-bond donors (Lipinski definition) is 1. The summed E-state index contributed by atoms with van der Waals surface area (Å²) in [6, 6.07) is 6.36. The number of esters is 1. The predicted molar refractivity (Wildman–Crippen MR) is 115 cm³/mol. The van der Waals surface area contributed by atoms with Crippen LogP contribution in [0, 0.1) is 11.7 Å². The zero-order valence-electron chi connectivity index (χ0n) is 18.0. The van der Waals surface area contributed by atoms with Gasteiger partial charge < -0.3 is 9.84 Å². The number of aromatic nitrogens is 2. The van der Waals surface area contributed by atoms with Gasteiger partial charge in [-0.2, -0.15) is 5.10 Å². The lowest BCUT2D eigenvalue weighted by Crippen LogP contribution is -2.31. The summed E-state index contributed by atoms with van der Waals surface area (Å²) >= 11 is 0. The second-order valence-electron chi connectivity index (χ2n) is 8.49. The van der Waals surface area contributed by atoms with Gasteiger partial charge in [0.05, 0.1) is 17.6 Å². The highest BCUT2D eigenvalue weighted by atomic mass is 19.1. The number of benzene rings is 1. The van der Waals surface area contributed by atoms with Crippen molar-refractivity contribution in [2.24, 2.45) is 5.92 Å². The molecule has 5 nitrogen and oxygen atoms in total. The first kappa shape index (κ1) is 22.2. The molecule has 2 atom stereocenters. The quantitative estimate of drug-likeness (QED) is 0.596. The standard InChI is InChI=1S/C24H31FN2O3/c1-17-14-20-16-26-27(22-9-7-21(25)8-10-22)23(20)15-19(17)6-4-11-24(3,12-5-13-28)30-18(2)29/h7-10,15-17,28H,4-6,11-14H2,1-3H3/t17-,24-/m1/s1. The van der Waals surface area contributed by atoms with Crippen molar-refractivity contribution in [3.8, 4) is 5.69 Å². The van der Waals surface area contributed by atoms with Crippen LogP contribution in [0.25, 0.3) is 11.8 Å². The summed E-state index contributed by atoms with van der Waals surface area (Å²) in [6.07, 6.45) is 8.85. The van der Waals surface area contributed by atoms with Gasteiger partial charge in [-0.15, -0.1) is 0 Å². The van der Waals surface area contributed by atoms with Crippen molar-refractivity contribution in [1.82, 2.24) is 9.78 Å². The Morgan fingerprint density at radius 3 is 2.67 bits per heavy atom. The van der Waals surface area contributed by atoms with Crippen molar-refractivity contribution >= 4 is 12.0 Å². The second-order valence-corrected chi connectivity index (χ2v) is 8.49. The van der Waals surface area contributed by atoms with Gasteiger partial charge in [-0.05, 0) is 87.3 Å². The minimum atomic E-state index is -0.548. The average molecular weight is 415 g/mol. The first-order valence-electron chi connectivity index (χ1n) is 10.6. The van der Waals surface area contributed by atoms with Crippen molar-refractivity contribution in [2.75, 3.05) is 6.61 Å². The van der Waals surface area contributed by atoms with E-state index >= 15 is 0 Å². The van der Waals surface area contributed by atoms with Crippen molar-refractivity contribution in [1.29, 1.82) is 0 Å². The molecular formula is C24H31FN2O3. The van der Waals surface area contributed by atoms with E-state index in [0.29, 0.717) is 18.8 Å². The van der Waals surface area contributed by atoms with Crippen LogP contribution < -0.4 is 0 Å². The molecule has 30 heavy (non-hydrogen) atoms. The van der Waals surface area contributed by atoms with E-state index in [1.165, 1.54) is 30.2 Å². The van der Waals surface area contributed by atoms with E-state index in [1.807, 2.05) is 17.8 Å². The fraction of sp³-hybridized carbons (Fsp3) is 0.500. The van der Waals surface area contributed by atoms with Crippen LogP contribution >= 0.6 is 0 Å². The number of halogens is 1. The molecule has 0 unspecified atom stereocenters. The normalized spacial score (nSPS) is 17.8. The topological polar surface area (TPSA) is 64.3 Å². The van der Waals surface area contributed by atoms with Crippen molar-refractivity contribution in [3.63, 3.8) is 0 Å². The number of carbonyl (C=O) groups is 1. The molecule has 2 aromatic rings. The van der Waals surface area contributed by atoms with Gasteiger partial charge in [0.25, 0.3) is 0 Å². The Bertz CT molecular complexity index is 904. The third kappa shape index (κ3) is 5.36. The maximum absolute atomic E-state index is 13.3. The van der Waals surface area contributed by atoms with Crippen LogP contribution in [0.4, 0.5) is 4.39 Å². The van der Waals surface area contributed by atoms with Crippen molar-refractivity contribution in [2.45, 2.75) is 64.9 Å². The van der Waals surface area contributed by atoms with Crippen LogP contribution in [0.3, 0.4) is 0 Å². The molecule has 1 heterocycles. The molecule has 1 aliphatic carbocycles. The maximum Gasteiger partial charge on any atom is 0.303 e. The van der Waals surface area contributed by atoms with Gasteiger partial charge in [-0.25, -0.2) is 9.07 Å². The highest BCUT2D eigenvalue weighted by Crippen LogP contribution is 2.34. The van der Waals surface area contributed by atoms with Crippen molar-refractivity contribution in [3.05, 3.63) is 53.1 Å². The van der Waals surface area contributed by atoms with Gasteiger partial charge in [0.15, 0.2) is 0 Å².